The molecule has 11 aromatic rings. The van der Waals surface area contributed by atoms with Gasteiger partial charge >= 0.3 is 0 Å². The van der Waals surface area contributed by atoms with Gasteiger partial charge in [-0.1, -0.05) is 169 Å². The average Bonchev–Trinajstić information content (AvgIpc) is 2.03. The van der Waals surface area contributed by atoms with Crippen LogP contribution in [0.1, 0.15) is 41.1 Å². The molecule has 1 nitrogen and oxygen atoms in total. The molecule has 1 heteroatoms. The first-order valence-corrected chi connectivity index (χ1v) is 15.2. The fraction of sp³-hybridized carbons (Fsp3) is 0. The van der Waals surface area contributed by atoms with Gasteiger partial charge in [-0.3, -0.25) is 0 Å². The highest BCUT2D eigenvalue weighted by Gasteiger charge is 2.23. The zero-order chi connectivity index (χ0) is 59.6. The summed E-state index contributed by atoms with van der Waals surface area (Å²) in [5, 5.41) is -8.36. The molecule has 10 aromatic carbocycles. The van der Waals surface area contributed by atoms with Crippen molar-refractivity contribution in [3.05, 3.63) is 181 Å². The minimum Gasteiger partial charge on any atom is -0.455 e. The van der Waals surface area contributed by atoms with E-state index < -0.39 is 290 Å². The van der Waals surface area contributed by atoms with Crippen molar-refractivity contribution in [2.45, 2.75) is 0 Å². The number of furan rings is 1. The predicted molar refractivity (Wildman–Crippen MR) is 218 cm³/mol. The molecule has 0 aliphatic rings. The smallest absolute Gasteiger partial charge is 0.143 e. The van der Waals surface area contributed by atoms with Gasteiger partial charge < -0.3 is 4.42 Å². The molecule has 0 amide bonds. The molecule has 0 unspecified atom stereocenters. The highest BCUT2D eigenvalue weighted by Crippen LogP contribution is 2.50. The molecule has 0 atom stereocenters. The van der Waals surface area contributed by atoms with E-state index in [0.29, 0.717) is 0 Å². The van der Waals surface area contributed by atoms with Crippen molar-refractivity contribution in [1.82, 2.24) is 0 Å². The van der Waals surface area contributed by atoms with Crippen LogP contribution in [0.25, 0.3) is 109 Å². The second-order valence-corrected chi connectivity index (χ2v) is 11.3. The summed E-state index contributed by atoms with van der Waals surface area (Å²) in [5.74, 6) is 0. The lowest BCUT2D eigenvalue weighted by atomic mass is 9.81. The number of rotatable bonds is 3. The third kappa shape index (κ3) is 4.16. The van der Waals surface area contributed by atoms with Crippen LogP contribution in [0, 0.1) is 0 Å². The van der Waals surface area contributed by atoms with E-state index in [1.807, 2.05) is 0 Å². The Kier molecular flexibility index (Phi) is 2.50. The predicted octanol–water partition coefficient (Wildman–Crippen LogP) is 14.4. The molecule has 0 radical (unpaired) electrons. The number of benzene rings is 10. The monoisotopic (exact) mass is 676 g/mol. The molecular weight excluding hydrogens is 617 g/mol. The van der Waals surface area contributed by atoms with Crippen LogP contribution in [-0.4, -0.2) is 0 Å². The van der Waals surface area contributed by atoms with Gasteiger partial charge in [0.05, 0.1) is 41.1 Å². The molecule has 0 bridgehead atoms. The minimum absolute atomic E-state index is 0.468. The van der Waals surface area contributed by atoms with Gasteiger partial charge in [-0.05, 0) is 93.8 Å². The van der Waals surface area contributed by atoms with E-state index in [2.05, 4.69) is 0 Å². The largest absolute Gasteiger partial charge is 0.455 e. The summed E-state index contributed by atoms with van der Waals surface area (Å²) >= 11 is 0. The summed E-state index contributed by atoms with van der Waals surface area (Å²) in [6.45, 7) is 0. The van der Waals surface area contributed by atoms with Crippen LogP contribution in [0.2, 0.25) is 0 Å². The van der Waals surface area contributed by atoms with Crippen LogP contribution in [0.3, 0.4) is 0 Å². The highest BCUT2D eigenvalue weighted by atomic mass is 16.3. The molecule has 0 fully saturated rings. The van der Waals surface area contributed by atoms with Crippen LogP contribution in [0.4, 0.5) is 0 Å². The first kappa shape index (κ1) is 11.7. The van der Waals surface area contributed by atoms with Crippen molar-refractivity contribution in [3.8, 4) is 33.4 Å². The quantitative estimate of drug-likeness (QED) is 0.170. The Bertz CT molecular complexity index is 4850. The first-order chi connectivity index (χ1) is 37.8. The Morgan fingerprint density at radius 1 is 0.333 bits per heavy atom. The lowest BCUT2D eigenvalue weighted by Crippen LogP contribution is -1.94. The van der Waals surface area contributed by atoms with Gasteiger partial charge in [-0.15, -0.1) is 0 Å². The number of para-hydroxylation sites is 1. The Morgan fingerprint density at radius 3 is 1.59 bits per heavy atom. The number of hydrogen-bond acceptors (Lipinski definition) is 1. The molecule has 1 heterocycles. The zero-order valence-electron chi connectivity index (χ0n) is 55.4. The lowest BCUT2D eigenvalue weighted by molar-refractivity contribution is 0.670. The van der Waals surface area contributed by atoms with Gasteiger partial charge in [-0.25, -0.2) is 0 Å². The average molecular weight is 677 g/mol. The SMILES string of the molecule is [2H]c1c([2H])c([2H])c2c(oc3c([2H])c([2H])c4c([2H])c([2H])c([2H])c([2H])c4c32)c1-c1c([2H])c([2H])c2c([2H])c([2H])c([2H])c([2H])c2c1-c1c2c([2H])c([2H])c([2H])c([2H])c2c(-c2c([2H])c([2H])c3c([2H])c([2H])c([2H])c([2H])c3c2[2H])c2c([2H])c([2H])c([2H])c([2H])c12. The van der Waals surface area contributed by atoms with E-state index in [0.717, 1.165) is 0 Å². The van der Waals surface area contributed by atoms with Crippen molar-refractivity contribution in [1.29, 1.82) is 0 Å². The third-order valence-corrected chi connectivity index (χ3v) is 8.62. The second kappa shape index (κ2) is 10.9. The summed E-state index contributed by atoms with van der Waals surface area (Å²) in [6, 6.07) is -29.2. The molecule has 11 rings (SSSR count). The summed E-state index contributed by atoms with van der Waals surface area (Å²) in [4.78, 5) is 0. The van der Waals surface area contributed by atoms with Gasteiger partial charge in [0.15, 0.2) is 0 Å². The summed E-state index contributed by atoms with van der Waals surface area (Å²) in [5.41, 5.74) is -6.55. The Hall–Kier alpha value is -6.70. The number of fused-ring (bicyclic) bond motifs is 9. The van der Waals surface area contributed by atoms with E-state index >= 15 is 0 Å². The van der Waals surface area contributed by atoms with E-state index in [1.165, 1.54) is 0 Å². The molecule has 1 aromatic heterocycles. The van der Waals surface area contributed by atoms with Crippen LogP contribution in [0.15, 0.2) is 186 Å². The van der Waals surface area contributed by atoms with Gasteiger partial charge in [-0.2, -0.15) is 0 Å². The maximum absolute atomic E-state index is 9.94. The van der Waals surface area contributed by atoms with E-state index in [1.54, 1.807) is 0 Å². The first-order valence-electron chi connectivity index (χ1n) is 30.2. The standard InChI is InChI=1S/C50H30O/c1-2-15-34-30-35(25-24-31(34)12-1)46-38-18-7-9-20-40(38)49(41-21-10-8-19-39(41)46)48-37-17-6-4-13-32(37)26-28-42(48)43-22-11-23-44-47-36-16-5-3-14-33(36)27-29-45(47)51-50(43)44/h1-30H/i1D,2D,3D,4D,5D,6D,7D,8D,9D,10D,11D,12D,13D,14D,15D,16D,17D,18D,19D,20D,21D,22D,23D,24D,25D,26D,27D,28D,29D,30D. The number of hydrogen-bond donors (Lipinski definition) is 0. The van der Waals surface area contributed by atoms with Crippen molar-refractivity contribution < 1.29 is 45.5 Å². The molecule has 0 spiro atoms. The molecule has 51 heavy (non-hydrogen) atoms. The molecule has 0 saturated heterocycles. The van der Waals surface area contributed by atoms with Crippen molar-refractivity contribution in [2.24, 2.45) is 0 Å². The van der Waals surface area contributed by atoms with Gasteiger partial charge in [0.25, 0.3) is 0 Å². The molecular formula is C50H30O. The normalized spacial score (nSPS) is 20.2. The second-order valence-electron chi connectivity index (χ2n) is 11.3. The molecule has 0 aliphatic carbocycles. The van der Waals surface area contributed by atoms with Crippen LogP contribution >= 0.6 is 0 Å². The maximum Gasteiger partial charge on any atom is 0.143 e. The van der Waals surface area contributed by atoms with E-state index in [9.17, 15) is 19.2 Å². The summed E-state index contributed by atoms with van der Waals surface area (Å²) in [6.07, 6.45) is 0. The highest BCUT2D eigenvalue weighted by molar-refractivity contribution is 6.27. The van der Waals surface area contributed by atoms with E-state index in [4.69, 9.17) is 26.3 Å². The van der Waals surface area contributed by atoms with Crippen LogP contribution in [-0.2, 0) is 0 Å². The summed E-state index contributed by atoms with van der Waals surface area (Å²) in [7, 11) is 0. The topological polar surface area (TPSA) is 13.1 Å². The molecule has 0 N–H and O–H groups in total. The summed E-state index contributed by atoms with van der Waals surface area (Å²) < 4.78 is 281. The molecule has 0 aliphatic heterocycles. The van der Waals surface area contributed by atoms with Crippen molar-refractivity contribution >= 4 is 75.8 Å². The molecule has 236 valence electrons. The fourth-order valence-electron chi connectivity index (χ4n) is 6.53. The third-order valence-electron chi connectivity index (χ3n) is 8.62. The van der Waals surface area contributed by atoms with Crippen molar-refractivity contribution in [3.63, 3.8) is 0 Å². The maximum atomic E-state index is 9.94. The Balaban J connectivity index is 1.53. The van der Waals surface area contributed by atoms with Crippen molar-refractivity contribution in [2.75, 3.05) is 0 Å². The Labute approximate surface area is 336 Å². The van der Waals surface area contributed by atoms with Crippen LogP contribution < -0.4 is 0 Å². The Morgan fingerprint density at radius 2 is 0.863 bits per heavy atom. The van der Waals surface area contributed by atoms with Gasteiger partial charge in [0, 0.05) is 16.3 Å². The zero-order valence-corrected chi connectivity index (χ0v) is 25.4. The molecule has 0 saturated carbocycles. The van der Waals surface area contributed by atoms with E-state index in [-0.39, 0.29) is 0 Å². The van der Waals surface area contributed by atoms with Gasteiger partial charge in [0.1, 0.15) is 11.2 Å². The van der Waals surface area contributed by atoms with Crippen LogP contribution in [0.5, 0.6) is 0 Å². The minimum atomic E-state index is -1.12. The fourth-order valence-corrected chi connectivity index (χ4v) is 6.53. The van der Waals surface area contributed by atoms with Gasteiger partial charge in [0.2, 0.25) is 0 Å². The lowest BCUT2D eigenvalue weighted by Gasteiger charge is -2.21.